The summed E-state index contributed by atoms with van der Waals surface area (Å²) in [6, 6.07) is 13.4. The Morgan fingerprint density at radius 3 is 2.70 bits per heavy atom. The van der Waals surface area contributed by atoms with Gasteiger partial charge < -0.3 is 9.84 Å². The molecule has 1 fully saturated rings. The molecule has 0 unspecified atom stereocenters. The lowest BCUT2D eigenvalue weighted by Gasteiger charge is -2.30. The van der Waals surface area contributed by atoms with Crippen molar-refractivity contribution < 1.29 is 9.32 Å². The van der Waals surface area contributed by atoms with Gasteiger partial charge in [0, 0.05) is 17.2 Å². The van der Waals surface area contributed by atoms with Crippen molar-refractivity contribution in [3.63, 3.8) is 0 Å². The number of piperidine rings is 1. The predicted octanol–water partition coefficient (Wildman–Crippen LogP) is 4.86. The van der Waals surface area contributed by atoms with Gasteiger partial charge in [0.2, 0.25) is 17.6 Å². The molecule has 3 aromatic rings. The molecule has 30 heavy (non-hydrogen) atoms. The first kappa shape index (κ1) is 20.6. The number of carbonyl (C=O) groups is 1. The van der Waals surface area contributed by atoms with Crippen LogP contribution in [0.1, 0.15) is 29.9 Å². The second-order valence-corrected chi connectivity index (χ2v) is 8.19. The summed E-state index contributed by atoms with van der Waals surface area (Å²) in [5.41, 5.74) is 3.96. The second kappa shape index (κ2) is 8.98. The Labute approximate surface area is 181 Å². The number of nitrogens with zero attached hydrogens (tertiary/aromatic N) is 3. The maximum atomic E-state index is 12.7. The van der Waals surface area contributed by atoms with Gasteiger partial charge in [-0.05, 0) is 69.1 Å². The quantitative estimate of drug-likeness (QED) is 0.633. The molecule has 4 rings (SSSR count). The van der Waals surface area contributed by atoms with E-state index >= 15 is 0 Å². The molecule has 1 N–H and O–H groups in total. The van der Waals surface area contributed by atoms with Crippen LogP contribution in [-0.4, -0.2) is 34.0 Å². The molecule has 0 spiro atoms. The van der Waals surface area contributed by atoms with E-state index in [0.717, 1.165) is 42.7 Å². The molecule has 2 heterocycles. The zero-order valence-electron chi connectivity index (χ0n) is 17.2. The van der Waals surface area contributed by atoms with Gasteiger partial charge in [0.05, 0.1) is 11.6 Å². The average molecular weight is 425 g/mol. The summed E-state index contributed by atoms with van der Waals surface area (Å²) >= 11 is 6.21. The number of carbonyl (C=O) groups excluding carboxylic acids is 1. The third-order valence-electron chi connectivity index (χ3n) is 5.76. The molecule has 0 bridgehead atoms. The number of benzene rings is 2. The standard InChI is InChI=1S/C23H25ClN4O2/c1-15-6-5-9-20(16(15)2)25-23(29)17-10-12-28(13-11-17)14-21-26-22(27-30-21)18-7-3-4-8-19(18)24/h3-9,17H,10-14H2,1-2H3,(H,25,29). The van der Waals surface area contributed by atoms with Crippen LogP contribution in [0.2, 0.25) is 5.02 Å². The minimum absolute atomic E-state index is 0.0162. The highest BCUT2D eigenvalue weighted by Crippen LogP contribution is 2.26. The van der Waals surface area contributed by atoms with Crippen molar-refractivity contribution in [2.45, 2.75) is 33.2 Å². The van der Waals surface area contributed by atoms with Crippen LogP contribution in [0.3, 0.4) is 0 Å². The molecule has 0 radical (unpaired) electrons. The molecule has 6 nitrogen and oxygen atoms in total. The predicted molar refractivity (Wildman–Crippen MR) is 117 cm³/mol. The van der Waals surface area contributed by atoms with Crippen LogP contribution >= 0.6 is 11.6 Å². The average Bonchev–Trinajstić information content (AvgIpc) is 3.20. The van der Waals surface area contributed by atoms with Gasteiger partial charge in [-0.15, -0.1) is 0 Å². The number of nitrogens with one attached hydrogen (secondary N) is 1. The highest BCUT2D eigenvalue weighted by molar-refractivity contribution is 6.33. The maximum Gasteiger partial charge on any atom is 0.241 e. The fourth-order valence-electron chi connectivity index (χ4n) is 3.74. The van der Waals surface area contributed by atoms with Crippen LogP contribution in [0, 0.1) is 19.8 Å². The molecule has 0 aliphatic carbocycles. The molecule has 156 valence electrons. The van der Waals surface area contributed by atoms with E-state index in [9.17, 15) is 4.79 Å². The lowest BCUT2D eigenvalue weighted by atomic mass is 9.95. The summed E-state index contributed by atoms with van der Waals surface area (Å²) in [7, 11) is 0. The topological polar surface area (TPSA) is 71.3 Å². The van der Waals surface area contributed by atoms with E-state index in [1.54, 1.807) is 6.07 Å². The van der Waals surface area contributed by atoms with E-state index in [1.807, 2.05) is 37.3 Å². The Balaban J connectivity index is 1.31. The molecule has 7 heteroatoms. The fraction of sp³-hybridized carbons (Fsp3) is 0.348. The van der Waals surface area contributed by atoms with Gasteiger partial charge in [-0.2, -0.15) is 4.98 Å². The first-order valence-electron chi connectivity index (χ1n) is 10.2. The van der Waals surface area contributed by atoms with Crippen molar-refractivity contribution in [2.75, 3.05) is 18.4 Å². The van der Waals surface area contributed by atoms with Gasteiger partial charge in [-0.3, -0.25) is 9.69 Å². The molecule has 0 atom stereocenters. The third kappa shape index (κ3) is 4.55. The van der Waals surface area contributed by atoms with Gasteiger partial charge in [0.1, 0.15) is 0 Å². The van der Waals surface area contributed by atoms with Crippen molar-refractivity contribution in [2.24, 2.45) is 5.92 Å². The maximum absolute atomic E-state index is 12.7. The fourth-order valence-corrected chi connectivity index (χ4v) is 3.96. The third-order valence-corrected chi connectivity index (χ3v) is 6.09. The number of hydrogen-bond donors (Lipinski definition) is 1. The Hall–Kier alpha value is -2.70. The summed E-state index contributed by atoms with van der Waals surface area (Å²) in [6.07, 6.45) is 1.62. The minimum atomic E-state index is 0.0162. The van der Waals surface area contributed by atoms with Crippen molar-refractivity contribution in [1.29, 1.82) is 0 Å². The monoisotopic (exact) mass is 424 g/mol. The lowest BCUT2D eigenvalue weighted by Crippen LogP contribution is -2.37. The van der Waals surface area contributed by atoms with Crippen LogP contribution in [0.4, 0.5) is 5.69 Å². The van der Waals surface area contributed by atoms with Gasteiger partial charge in [0.15, 0.2) is 0 Å². The molecular weight excluding hydrogens is 400 g/mol. The summed E-state index contributed by atoms with van der Waals surface area (Å²) in [6.45, 7) is 6.29. The second-order valence-electron chi connectivity index (χ2n) is 7.78. The van der Waals surface area contributed by atoms with Crippen molar-refractivity contribution >= 4 is 23.2 Å². The zero-order chi connectivity index (χ0) is 21.1. The largest absolute Gasteiger partial charge is 0.338 e. The number of likely N-dealkylation sites (tertiary alicyclic amines) is 1. The van der Waals surface area contributed by atoms with Crippen LogP contribution in [-0.2, 0) is 11.3 Å². The van der Waals surface area contributed by atoms with E-state index in [2.05, 4.69) is 33.3 Å². The minimum Gasteiger partial charge on any atom is -0.338 e. The van der Waals surface area contributed by atoms with Crippen molar-refractivity contribution in [3.05, 3.63) is 64.5 Å². The number of anilines is 1. The smallest absolute Gasteiger partial charge is 0.241 e. The van der Waals surface area contributed by atoms with Crippen LogP contribution in [0.5, 0.6) is 0 Å². The summed E-state index contributed by atoms with van der Waals surface area (Å²) < 4.78 is 5.41. The summed E-state index contributed by atoms with van der Waals surface area (Å²) in [5.74, 6) is 1.17. The van der Waals surface area contributed by atoms with Gasteiger partial charge in [-0.1, -0.05) is 41.0 Å². The number of hydrogen-bond acceptors (Lipinski definition) is 5. The molecule has 0 saturated carbocycles. The number of amides is 1. The Bertz CT molecular complexity index is 1040. The number of rotatable bonds is 5. The molecule has 1 saturated heterocycles. The summed E-state index contributed by atoms with van der Waals surface area (Å²) in [5, 5.41) is 7.76. The number of aromatic nitrogens is 2. The van der Waals surface area contributed by atoms with Crippen LogP contribution in [0.15, 0.2) is 47.0 Å². The van der Waals surface area contributed by atoms with E-state index in [1.165, 1.54) is 5.56 Å². The van der Waals surface area contributed by atoms with Crippen molar-refractivity contribution in [1.82, 2.24) is 15.0 Å². The highest BCUT2D eigenvalue weighted by Gasteiger charge is 2.26. The molecule has 2 aromatic carbocycles. The first-order valence-corrected chi connectivity index (χ1v) is 10.6. The van der Waals surface area contributed by atoms with E-state index in [-0.39, 0.29) is 11.8 Å². The Morgan fingerprint density at radius 2 is 1.93 bits per heavy atom. The Morgan fingerprint density at radius 1 is 1.17 bits per heavy atom. The van der Waals surface area contributed by atoms with Gasteiger partial charge >= 0.3 is 0 Å². The normalized spacial score (nSPS) is 15.3. The van der Waals surface area contributed by atoms with Gasteiger partial charge in [0.25, 0.3) is 0 Å². The molecule has 1 aromatic heterocycles. The Kier molecular flexibility index (Phi) is 6.16. The number of aryl methyl sites for hydroxylation is 1. The van der Waals surface area contributed by atoms with Crippen LogP contribution in [0.25, 0.3) is 11.4 Å². The van der Waals surface area contributed by atoms with Gasteiger partial charge in [-0.25, -0.2) is 0 Å². The van der Waals surface area contributed by atoms with Crippen molar-refractivity contribution in [3.8, 4) is 11.4 Å². The molecular formula is C23H25ClN4O2. The lowest BCUT2D eigenvalue weighted by molar-refractivity contribution is -0.121. The molecule has 1 aliphatic rings. The first-order chi connectivity index (χ1) is 14.5. The van der Waals surface area contributed by atoms with Crippen LogP contribution < -0.4 is 5.32 Å². The highest BCUT2D eigenvalue weighted by atomic mass is 35.5. The zero-order valence-corrected chi connectivity index (χ0v) is 17.9. The number of halogens is 1. The van der Waals surface area contributed by atoms with E-state index < -0.39 is 0 Å². The molecule has 1 amide bonds. The van der Waals surface area contributed by atoms with E-state index in [0.29, 0.717) is 23.3 Å². The van der Waals surface area contributed by atoms with E-state index in [4.69, 9.17) is 16.1 Å². The SMILES string of the molecule is Cc1cccc(NC(=O)C2CCN(Cc3nc(-c4ccccc4Cl)no3)CC2)c1C. The summed E-state index contributed by atoms with van der Waals surface area (Å²) in [4.78, 5) is 19.4. The molecule has 1 aliphatic heterocycles.